The van der Waals surface area contributed by atoms with E-state index in [0.717, 1.165) is 11.3 Å². The van der Waals surface area contributed by atoms with Crippen LogP contribution in [0.15, 0.2) is 35.4 Å². The van der Waals surface area contributed by atoms with E-state index in [4.69, 9.17) is 5.73 Å². The fourth-order valence-electron chi connectivity index (χ4n) is 2.10. The highest BCUT2D eigenvalue weighted by atomic mass is 32.2. The van der Waals surface area contributed by atoms with Crippen LogP contribution in [0.4, 0.5) is 0 Å². The molecule has 7 heteroatoms. The van der Waals surface area contributed by atoms with Crippen molar-refractivity contribution in [2.24, 2.45) is 12.8 Å². The maximum Gasteiger partial charge on any atom is 0.240 e. The SMILES string of the molecule is Cc1ccc(CN)cc1S(=O)(=O)NCCc1ccnn1C. The van der Waals surface area contributed by atoms with E-state index in [1.54, 1.807) is 29.9 Å². The molecule has 0 spiro atoms. The second-order valence-electron chi connectivity index (χ2n) is 4.90. The molecule has 0 aliphatic heterocycles. The van der Waals surface area contributed by atoms with E-state index in [2.05, 4.69) is 9.82 Å². The second kappa shape index (κ2) is 6.38. The van der Waals surface area contributed by atoms with Gasteiger partial charge in [0, 0.05) is 38.4 Å². The number of nitrogens with one attached hydrogen (secondary N) is 1. The molecule has 0 unspecified atom stereocenters. The summed E-state index contributed by atoms with van der Waals surface area (Å²) >= 11 is 0. The molecule has 2 rings (SSSR count). The van der Waals surface area contributed by atoms with Gasteiger partial charge in [0.05, 0.1) is 4.90 Å². The third-order valence-electron chi connectivity index (χ3n) is 3.37. The Morgan fingerprint density at radius 2 is 2.10 bits per heavy atom. The Labute approximate surface area is 125 Å². The molecule has 0 radical (unpaired) electrons. The fraction of sp³-hybridized carbons (Fsp3) is 0.357. The van der Waals surface area contributed by atoms with Crippen molar-refractivity contribution < 1.29 is 8.42 Å². The minimum absolute atomic E-state index is 0.287. The van der Waals surface area contributed by atoms with Crippen LogP contribution >= 0.6 is 0 Å². The van der Waals surface area contributed by atoms with Gasteiger partial charge < -0.3 is 5.73 Å². The number of aryl methyl sites for hydroxylation is 2. The zero-order valence-corrected chi connectivity index (χ0v) is 13.0. The summed E-state index contributed by atoms with van der Waals surface area (Å²) in [6, 6.07) is 7.11. The first kappa shape index (κ1) is 15.7. The van der Waals surface area contributed by atoms with Crippen molar-refractivity contribution >= 4 is 10.0 Å². The maximum absolute atomic E-state index is 12.4. The molecule has 0 saturated carbocycles. The molecule has 0 aliphatic rings. The molecular formula is C14H20N4O2S. The number of hydrogen-bond donors (Lipinski definition) is 2. The molecule has 114 valence electrons. The molecule has 3 N–H and O–H groups in total. The minimum Gasteiger partial charge on any atom is -0.326 e. The van der Waals surface area contributed by atoms with Gasteiger partial charge in [-0.05, 0) is 30.2 Å². The van der Waals surface area contributed by atoms with Crippen molar-refractivity contribution in [2.45, 2.75) is 24.8 Å². The Morgan fingerprint density at radius 3 is 2.71 bits per heavy atom. The van der Waals surface area contributed by atoms with Crippen LogP contribution in [0.3, 0.4) is 0 Å². The van der Waals surface area contributed by atoms with Crippen molar-refractivity contribution in [2.75, 3.05) is 6.54 Å². The molecule has 0 atom stereocenters. The van der Waals surface area contributed by atoms with Gasteiger partial charge in [-0.2, -0.15) is 5.10 Å². The summed E-state index contributed by atoms with van der Waals surface area (Å²) in [6.45, 7) is 2.42. The number of sulfonamides is 1. The molecule has 1 aromatic carbocycles. The van der Waals surface area contributed by atoms with Gasteiger partial charge in [0.15, 0.2) is 0 Å². The Bertz CT molecular complexity index is 722. The summed E-state index contributed by atoms with van der Waals surface area (Å²) in [6.07, 6.45) is 2.28. The summed E-state index contributed by atoms with van der Waals surface area (Å²) in [4.78, 5) is 0.287. The zero-order chi connectivity index (χ0) is 15.5. The predicted octanol–water partition coefficient (Wildman–Crippen LogP) is 0.708. The summed E-state index contributed by atoms with van der Waals surface area (Å²) in [7, 11) is -1.69. The summed E-state index contributed by atoms with van der Waals surface area (Å²) < 4.78 is 29.1. The van der Waals surface area contributed by atoms with Gasteiger partial charge in [0.2, 0.25) is 10.0 Å². The molecule has 0 amide bonds. The lowest BCUT2D eigenvalue weighted by Crippen LogP contribution is -2.27. The van der Waals surface area contributed by atoms with E-state index in [0.29, 0.717) is 25.1 Å². The lowest BCUT2D eigenvalue weighted by molar-refractivity contribution is 0.579. The molecule has 0 aliphatic carbocycles. The third-order valence-corrected chi connectivity index (χ3v) is 4.98. The Morgan fingerprint density at radius 1 is 1.33 bits per heavy atom. The van der Waals surface area contributed by atoms with Gasteiger partial charge in [0.1, 0.15) is 0 Å². The van der Waals surface area contributed by atoms with Gasteiger partial charge in [-0.25, -0.2) is 13.1 Å². The van der Waals surface area contributed by atoms with Crippen LogP contribution in [0.25, 0.3) is 0 Å². The molecule has 0 bridgehead atoms. The van der Waals surface area contributed by atoms with Gasteiger partial charge in [-0.3, -0.25) is 4.68 Å². The topological polar surface area (TPSA) is 90.0 Å². The van der Waals surface area contributed by atoms with E-state index in [9.17, 15) is 8.42 Å². The monoisotopic (exact) mass is 308 g/mol. The standard InChI is InChI=1S/C14H20N4O2S/c1-11-3-4-12(10-15)9-14(11)21(19,20)17-8-6-13-5-7-16-18(13)2/h3-5,7,9,17H,6,8,10,15H2,1-2H3. The number of aromatic nitrogens is 2. The fourth-order valence-corrected chi connectivity index (χ4v) is 3.42. The third kappa shape index (κ3) is 3.69. The molecule has 0 fully saturated rings. The number of nitrogens with zero attached hydrogens (tertiary/aromatic N) is 2. The average Bonchev–Trinajstić information content (AvgIpc) is 2.84. The summed E-state index contributed by atoms with van der Waals surface area (Å²) in [5.74, 6) is 0. The van der Waals surface area contributed by atoms with Gasteiger partial charge >= 0.3 is 0 Å². The van der Waals surface area contributed by atoms with E-state index in [1.165, 1.54) is 0 Å². The quantitative estimate of drug-likeness (QED) is 0.822. The Hall–Kier alpha value is -1.70. The van der Waals surface area contributed by atoms with Crippen LogP contribution in [0.2, 0.25) is 0 Å². The van der Waals surface area contributed by atoms with Gasteiger partial charge in [-0.1, -0.05) is 12.1 Å². The highest BCUT2D eigenvalue weighted by Gasteiger charge is 2.16. The van der Waals surface area contributed by atoms with Crippen molar-refractivity contribution in [3.63, 3.8) is 0 Å². The Balaban J connectivity index is 2.10. The summed E-state index contributed by atoms with van der Waals surface area (Å²) in [5, 5.41) is 4.05. The van der Waals surface area contributed by atoms with E-state index in [1.807, 2.05) is 19.2 Å². The molecule has 6 nitrogen and oxygen atoms in total. The molecule has 0 saturated heterocycles. The van der Waals surface area contributed by atoms with E-state index >= 15 is 0 Å². The van der Waals surface area contributed by atoms with Crippen molar-refractivity contribution in [1.29, 1.82) is 0 Å². The number of hydrogen-bond acceptors (Lipinski definition) is 4. The van der Waals surface area contributed by atoms with Crippen LogP contribution in [0.1, 0.15) is 16.8 Å². The number of rotatable bonds is 6. The van der Waals surface area contributed by atoms with Crippen LogP contribution in [0, 0.1) is 6.92 Å². The zero-order valence-electron chi connectivity index (χ0n) is 12.2. The highest BCUT2D eigenvalue weighted by molar-refractivity contribution is 7.89. The maximum atomic E-state index is 12.4. The van der Waals surface area contributed by atoms with Crippen LogP contribution in [-0.4, -0.2) is 24.7 Å². The molecule has 1 aromatic heterocycles. The lowest BCUT2D eigenvalue weighted by Gasteiger charge is -2.11. The average molecular weight is 308 g/mol. The normalized spacial score (nSPS) is 11.8. The molecular weight excluding hydrogens is 288 g/mol. The minimum atomic E-state index is -3.52. The van der Waals surface area contributed by atoms with Crippen molar-refractivity contribution in [3.05, 3.63) is 47.3 Å². The molecule has 21 heavy (non-hydrogen) atoms. The van der Waals surface area contributed by atoms with Crippen LogP contribution in [0.5, 0.6) is 0 Å². The molecule has 2 aromatic rings. The first-order valence-corrected chi connectivity index (χ1v) is 8.18. The first-order chi connectivity index (χ1) is 9.94. The Kier molecular flexibility index (Phi) is 4.76. The van der Waals surface area contributed by atoms with E-state index < -0.39 is 10.0 Å². The van der Waals surface area contributed by atoms with Crippen LogP contribution in [-0.2, 0) is 30.0 Å². The first-order valence-electron chi connectivity index (χ1n) is 6.70. The molecule has 1 heterocycles. The van der Waals surface area contributed by atoms with Gasteiger partial charge in [0.25, 0.3) is 0 Å². The van der Waals surface area contributed by atoms with E-state index in [-0.39, 0.29) is 4.90 Å². The largest absolute Gasteiger partial charge is 0.326 e. The number of benzene rings is 1. The van der Waals surface area contributed by atoms with Gasteiger partial charge in [-0.15, -0.1) is 0 Å². The second-order valence-corrected chi connectivity index (χ2v) is 6.63. The van der Waals surface area contributed by atoms with Crippen molar-refractivity contribution in [3.8, 4) is 0 Å². The number of nitrogens with two attached hydrogens (primary N) is 1. The van der Waals surface area contributed by atoms with Crippen molar-refractivity contribution in [1.82, 2.24) is 14.5 Å². The lowest BCUT2D eigenvalue weighted by atomic mass is 10.1. The highest BCUT2D eigenvalue weighted by Crippen LogP contribution is 2.16. The van der Waals surface area contributed by atoms with Crippen LogP contribution < -0.4 is 10.5 Å². The smallest absolute Gasteiger partial charge is 0.240 e. The predicted molar refractivity (Wildman–Crippen MR) is 81.2 cm³/mol. The summed E-state index contributed by atoms with van der Waals surface area (Å²) in [5.41, 5.74) is 8.05.